The van der Waals surface area contributed by atoms with Crippen LogP contribution >= 0.6 is 11.3 Å². The molecule has 1 aromatic carbocycles. The van der Waals surface area contributed by atoms with Crippen LogP contribution in [0.15, 0.2) is 34.7 Å². The highest BCUT2D eigenvalue weighted by atomic mass is 32.1. The predicted octanol–water partition coefficient (Wildman–Crippen LogP) is 1.67. The summed E-state index contributed by atoms with van der Waals surface area (Å²) in [5.74, 6) is -0.945. The number of nitrogens with one attached hydrogen (secondary N) is 1. The standard InChI is InChI=1S/C19H20N4O5S/c1-13-3-2-4-15-17(13)20-19(29-15)22(8-7-21-9-11-27-12-10-21)18(24)14-5-6-16(28-14)23(25)26/h2-6H,7-12H2,1H3/p+1. The van der Waals surface area contributed by atoms with E-state index in [1.165, 1.54) is 28.4 Å². The molecule has 3 aromatic rings. The minimum absolute atomic E-state index is 0.0651. The number of para-hydroxylation sites is 1. The molecule has 0 unspecified atom stereocenters. The summed E-state index contributed by atoms with van der Waals surface area (Å²) < 4.78 is 11.5. The van der Waals surface area contributed by atoms with Gasteiger partial charge in [-0.3, -0.25) is 19.8 Å². The fourth-order valence-corrected chi connectivity index (χ4v) is 4.40. The molecule has 1 N–H and O–H groups in total. The molecule has 0 bridgehead atoms. The Morgan fingerprint density at radius 2 is 2.10 bits per heavy atom. The highest BCUT2D eigenvalue weighted by molar-refractivity contribution is 7.22. The average molecular weight is 417 g/mol. The van der Waals surface area contributed by atoms with E-state index in [0.29, 0.717) is 24.9 Å². The summed E-state index contributed by atoms with van der Waals surface area (Å²) in [7, 11) is 0. The van der Waals surface area contributed by atoms with Crippen molar-refractivity contribution in [3.63, 3.8) is 0 Å². The van der Waals surface area contributed by atoms with Gasteiger partial charge in [0, 0.05) is 0 Å². The van der Waals surface area contributed by atoms with Gasteiger partial charge in [-0.1, -0.05) is 23.5 Å². The van der Waals surface area contributed by atoms with E-state index in [2.05, 4.69) is 4.98 Å². The van der Waals surface area contributed by atoms with Gasteiger partial charge in [0.05, 0.1) is 42.6 Å². The van der Waals surface area contributed by atoms with Crippen LogP contribution in [0.1, 0.15) is 16.1 Å². The molecule has 1 aliphatic heterocycles. The van der Waals surface area contributed by atoms with E-state index in [0.717, 1.165) is 35.4 Å². The van der Waals surface area contributed by atoms with Crippen molar-refractivity contribution in [3.05, 3.63) is 51.8 Å². The summed E-state index contributed by atoms with van der Waals surface area (Å²) >= 11 is 1.43. The Bertz CT molecular complexity index is 1040. The van der Waals surface area contributed by atoms with Gasteiger partial charge in [-0.15, -0.1) is 0 Å². The van der Waals surface area contributed by atoms with Gasteiger partial charge < -0.3 is 14.1 Å². The third-order valence-electron chi connectivity index (χ3n) is 4.96. The third kappa shape index (κ3) is 4.14. The number of ether oxygens (including phenoxy) is 1. The van der Waals surface area contributed by atoms with Crippen LogP contribution in [0.3, 0.4) is 0 Å². The number of carbonyl (C=O) groups excluding carboxylic acids is 1. The number of fused-ring (bicyclic) bond motifs is 1. The maximum atomic E-state index is 13.2. The number of nitro groups is 1. The largest absolute Gasteiger partial charge is 0.433 e. The normalized spacial score (nSPS) is 14.9. The second-order valence-electron chi connectivity index (χ2n) is 6.88. The van der Waals surface area contributed by atoms with Gasteiger partial charge in [0.25, 0.3) is 5.91 Å². The number of aromatic nitrogens is 1. The van der Waals surface area contributed by atoms with Gasteiger partial charge in [-0.25, -0.2) is 4.98 Å². The van der Waals surface area contributed by atoms with Crippen LogP contribution in [-0.2, 0) is 4.74 Å². The summed E-state index contributed by atoms with van der Waals surface area (Å²) in [6, 6.07) is 8.44. The number of carbonyl (C=O) groups is 1. The first kappa shape index (κ1) is 19.5. The second kappa shape index (κ2) is 8.27. The molecule has 1 saturated heterocycles. The average Bonchev–Trinajstić information content (AvgIpc) is 3.37. The van der Waals surface area contributed by atoms with Crippen LogP contribution in [0.25, 0.3) is 10.2 Å². The van der Waals surface area contributed by atoms with Crippen molar-refractivity contribution in [1.82, 2.24) is 4.98 Å². The Balaban J connectivity index is 1.64. The predicted molar refractivity (Wildman–Crippen MR) is 108 cm³/mol. The number of thiazole rings is 1. The summed E-state index contributed by atoms with van der Waals surface area (Å²) in [5.41, 5.74) is 1.89. The summed E-state index contributed by atoms with van der Waals surface area (Å²) in [6.45, 7) is 6.31. The van der Waals surface area contributed by atoms with Gasteiger partial charge in [0.2, 0.25) is 0 Å². The van der Waals surface area contributed by atoms with Crippen molar-refractivity contribution in [2.24, 2.45) is 0 Å². The number of nitrogens with zero attached hydrogens (tertiary/aromatic N) is 3. The van der Waals surface area contributed by atoms with Crippen molar-refractivity contribution >= 4 is 38.5 Å². The quantitative estimate of drug-likeness (QED) is 0.483. The SMILES string of the molecule is Cc1cccc2sc(N(CC[NH+]3CCOCC3)C(=O)c3ccc([N+](=O)[O-])o3)nc12. The molecule has 2 aromatic heterocycles. The first-order valence-corrected chi connectivity index (χ1v) is 10.2. The molecular formula is C19H21N4O5S+. The minimum atomic E-state index is -0.653. The van der Waals surface area contributed by atoms with Crippen molar-refractivity contribution in [3.8, 4) is 0 Å². The molecule has 0 radical (unpaired) electrons. The van der Waals surface area contributed by atoms with Crippen molar-refractivity contribution in [2.45, 2.75) is 6.92 Å². The lowest BCUT2D eigenvalue weighted by molar-refractivity contribution is -0.906. The number of rotatable bonds is 6. The Morgan fingerprint density at radius 1 is 1.31 bits per heavy atom. The topological polar surface area (TPSA) is 103 Å². The first-order chi connectivity index (χ1) is 14.0. The van der Waals surface area contributed by atoms with E-state index in [9.17, 15) is 14.9 Å². The van der Waals surface area contributed by atoms with Crippen molar-refractivity contribution in [1.29, 1.82) is 0 Å². The van der Waals surface area contributed by atoms with Crippen LogP contribution in [0.5, 0.6) is 0 Å². The van der Waals surface area contributed by atoms with Gasteiger partial charge in [-0.2, -0.15) is 0 Å². The second-order valence-corrected chi connectivity index (χ2v) is 7.89. The highest BCUT2D eigenvalue weighted by Crippen LogP contribution is 2.31. The number of aryl methyl sites for hydroxylation is 1. The number of hydrogen-bond acceptors (Lipinski definition) is 7. The van der Waals surface area contributed by atoms with E-state index in [1.807, 2.05) is 25.1 Å². The Kier molecular flexibility index (Phi) is 5.56. The lowest BCUT2D eigenvalue weighted by atomic mass is 10.2. The number of furan rings is 1. The number of amides is 1. The maximum Gasteiger partial charge on any atom is 0.433 e. The maximum absolute atomic E-state index is 13.2. The number of benzene rings is 1. The summed E-state index contributed by atoms with van der Waals surface area (Å²) in [4.78, 5) is 31.0. The minimum Gasteiger partial charge on any atom is -0.395 e. The fraction of sp³-hybridized carbons (Fsp3) is 0.368. The number of hydrogen-bond donors (Lipinski definition) is 1. The van der Waals surface area contributed by atoms with Crippen LogP contribution in [-0.4, -0.2) is 55.2 Å². The Labute approximate surface area is 170 Å². The number of anilines is 1. The number of morpholine rings is 1. The molecule has 0 atom stereocenters. The first-order valence-electron chi connectivity index (χ1n) is 9.36. The molecule has 10 heteroatoms. The highest BCUT2D eigenvalue weighted by Gasteiger charge is 2.27. The summed E-state index contributed by atoms with van der Waals surface area (Å²) in [5, 5.41) is 11.5. The molecule has 29 heavy (non-hydrogen) atoms. The van der Waals surface area contributed by atoms with Gasteiger partial charge in [0.1, 0.15) is 18.0 Å². The molecule has 1 aliphatic rings. The molecule has 4 rings (SSSR count). The van der Waals surface area contributed by atoms with Crippen LogP contribution in [0, 0.1) is 17.0 Å². The van der Waals surface area contributed by atoms with Crippen LogP contribution in [0.2, 0.25) is 0 Å². The molecular weight excluding hydrogens is 396 g/mol. The van der Waals surface area contributed by atoms with E-state index in [-0.39, 0.29) is 5.76 Å². The lowest BCUT2D eigenvalue weighted by Gasteiger charge is -2.26. The molecule has 3 heterocycles. The zero-order valence-electron chi connectivity index (χ0n) is 15.9. The molecule has 9 nitrogen and oxygen atoms in total. The lowest BCUT2D eigenvalue weighted by Crippen LogP contribution is -3.14. The van der Waals surface area contributed by atoms with E-state index >= 15 is 0 Å². The zero-order valence-corrected chi connectivity index (χ0v) is 16.7. The number of quaternary nitrogens is 1. The molecule has 0 spiro atoms. The molecule has 1 amide bonds. The molecule has 1 fully saturated rings. The molecule has 152 valence electrons. The Hall–Kier alpha value is -2.82. The smallest absolute Gasteiger partial charge is 0.395 e. The van der Waals surface area contributed by atoms with Crippen LogP contribution < -0.4 is 9.80 Å². The summed E-state index contributed by atoms with van der Waals surface area (Å²) in [6.07, 6.45) is 0. The van der Waals surface area contributed by atoms with E-state index in [1.54, 1.807) is 4.90 Å². The monoisotopic (exact) mass is 417 g/mol. The van der Waals surface area contributed by atoms with E-state index < -0.39 is 16.7 Å². The van der Waals surface area contributed by atoms with Gasteiger partial charge in [0.15, 0.2) is 10.9 Å². The third-order valence-corrected chi connectivity index (χ3v) is 6.00. The van der Waals surface area contributed by atoms with Gasteiger partial charge in [-0.05, 0) is 24.6 Å². The fourth-order valence-electron chi connectivity index (χ4n) is 3.33. The van der Waals surface area contributed by atoms with Crippen molar-refractivity contribution < 1.29 is 23.8 Å². The molecule has 0 saturated carbocycles. The zero-order chi connectivity index (χ0) is 20.4. The van der Waals surface area contributed by atoms with E-state index in [4.69, 9.17) is 9.15 Å². The Morgan fingerprint density at radius 3 is 2.79 bits per heavy atom. The molecule has 0 aliphatic carbocycles. The van der Waals surface area contributed by atoms with Crippen molar-refractivity contribution in [2.75, 3.05) is 44.3 Å². The van der Waals surface area contributed by atoms with Gasteiger partial charge >= 0.3 is 5.88 Å². The van der Waals surface area contributed by atoms with Crippen LogP contribution in [0.4, 0.5) is 11.0 Å².